The number of rotatable bonds is 5. The lowest BCUT2D eigenvalue weighted by Gasteiger charge is -2.05. The molecule has 1 heterocycles. The van der Waals surface area contributed by atoms with E-state index in [-0.39, 0.29) is 12.4 Å². The van der Waals surface area contributed by atoms with E-state index in [9.17, 15) is 4.39 Å². The second-order valence-corrected chi connectivity index (χ2v) is 3.70. The summed E-state index contributed by atoms with van der Waals surface area (Å²) in [6.07, 6.45) is 0.659. The van der Waals surface area contributed by atoms with E-state index in [1.807, 2.05) is 6.92 Å². The summed E-state index contributed by atoms with van der Waals surface area (Å²) in [5.74, 6) is 0.554. The lowest BCUT2D eigenvalue weighted by atomic mass is 10.2. The first kappa shape index (κ1) is 12.5. The molecule has 2 aromatic rings. The molecule has 2 N–H and O–H groups in total. The Hall–Kier alpha value is -1.95. The lowest BCUT2D eigenvalue weighted by molar-refractivity contribution is 0.248. The Balaban J connectivity index is 2.01. The maximum atomic E-state index is 13.6. The third-order valence-corrected chi connectivity index (χ3v) is 2.39. The van der Waals surface area contributed by atoms with Gasteiger partial charge in [0.2, 0.25) is 5.89 Å². The van der Waals surface area contributed by atoms with Gasteiger partial charge in [-0.05, 0) is 17.7 Å². The highest BCUT2D eigenvalue weighted by Crippen LogP contribution is 2.19. The van der Waals surface area contributed by atoms with Gasteiger partial charge in [0.05, 0.1) is 0 Å². The fraction of sp³-hybridized carbons (Fsp3) is 0.333. The molecule has 0 aliphatic rings. The van der Waals surface area contributed by atoms with Crippen LogP contribution in [0.2, 0.25) is 0 Å². The zero-order valence-electron chi connectivity index (χ0n) is 10.0. The van der Waals surface area contributed by atoms with Crippen molar-refractivity contribution in [2.24, 2.45) is 5.73 Å². The zero-order chi connectivity index (χ0) is 13.0. The van der Waals surface area contributed by atoms with Crippen LogP contribution in [0.5, 0.6) is 5.75 Å². The maximum absolute atomic E-state index is 13.6. The van der Waals surface area contributed by atoms with Crippen LogP contribution in [0.3, 0.4) is 0 Å². The number of nitrogens with zero attached hydrogens (tertiary/aromatic N) is 2. The van der Waals surface area contributed by atoms with Gasteiger partial charge in [-0.25, -0.2) is 4.39 Å². The smallest absolute Gasteiger partial charge is 0.253 e. The van der Waals surface area contributed by atoms with Crippen LogP contribution in [0.15, 0.2) is 22.6 Å². The molecule has 0 bridgehead atoms. The van der Waals surface area contributed by atoms with Crippen LogP contribution < -0.4 is 10.5 Å². The van der Waals surface area contributed by atoms with Gasteiger partial charge < -0.3 is 14.9 Å². The quantitative estimate of drug-likeness (QED) is 0.877. The number of halogens is 1. The molecule has 1 aromatic heterocycles. The third-order valence-electron chi connectivity index (χ3n) is 2.39. The van der Waals surface area contributed by atoms with Crippen LogP contribution in [0.4, 0.5) is 4.39 Å². The highest BCUT2D eigenvalue weighted by Gasteiger charge is 2.08. The van der Waals surface area contributed by atoms with Crippen molar-refractivity contribution in [1.82, 2.24) is 10.2 Å². The standard InChI is InChI=1S/C12H14FN3O2/c1-2-11-15-16-12(18-11)7-17-10-4-3-8(6-14)5-9(10)13/h3-5H,2,6-7,14H2,1H3. The van der Waals surface area contributed by atoms with Gasteiger partial charge in [0.15, 0.2) is 18.2 Å². The molecule has 96 valence electrons. The Morgan fingerprint density at radius 1 is 1.33 bits per heavy atom. The first-order valence-electron chi connectivity index (χ1n) is 5.65. The van der Waals surface area contributed by atoms with Gasteiger partial charge >= 0.3 is 0 Å². The maximum Gasteiger partial charge on any atom is 0.253 e. The van der Waals surface area contributed by atoms with Gasteiger partial charge in [-0.15, -0.1) is 10.2 Å². The predicted molar refractivity (Wildman–Crippen MR) is 62.3 cm³/mol. The van der Waals surface area contributed by atoms with E-state index in [0.29, 0.717) is 30.3 Å². The molecule has 0 saturated carbocycles. The lowest BCUT2D eigenvalue weighted by Crippen LogP contribution is -2.00. The van der Waals surface area contributed by atoms with Crippen LogP contribution >= 0.6 is 0 Å². The number of hydrogen-bond acceptors (Lipinski definition) is 5. The topological polar surface area (TPSA) is 74.2 Å². The molecular formula is C12H14FN3O2. The Labute approximate surface area is 104 Å². The molecule has 0 fully saturated rings. The summed E-state index contributed by atoms with van der Waals surface area (Å²) in [6.45, 7) is 2.25. The summed E-state index contributed by atoms with van der Waals surface area (Å²) in [7, 11) is 0. The van der Waals surface area contributed by atoms with E-state index in [2.05, 4.69) is 10.2 Å². The number of aromatic nitrogens is 2. The van der Waals surface area contributed by atoms with E-state index in [1.54, 1.807) is 6.07 Å². The summed E-state index contributed by atoms with van der Waals surface area (Å²) in [4.78, 5) is 0. The van der Waals surface area contributed by atoms with Crippen LogP contribution in [-0.4, -0.2) is 10.2 Å². The first-order valence-corrected chi connectivity index (χ1v) is 5.65. The van der Waals surface area contributed by atoms with Gasteiger partial charge in [-0.3, -0.25) is 0 Å². The van der Waals surface area contributed by atoms with E-state index >= 15 is 0 Å². The van der Waals surface area contributed by atoms with Crippen molar-refractivity contribution in [2.45, 2.75) is 26.5 Å². The summed E-state index contributed by atoms with van der Waals surface area (Å²) >= 11 is 0. The Morgan fingerprint density at radius 2 is 2.11 bits per heavy atom. The molecule has 0 aliphatic heterocycles. The van der Waals surface area contributed by atoms with Gasteiger partial charge in [0.25, 0.3) is 5.89 Å². The van der Waals surface area contributed by atoms with Crippen LogP contribution in [0, 0.1) is 5.82 Å². The van der Waals surface area contributed by atoms with Crippen LogP contribution in [-0.2, 0) is 19.6 Å². The average molecular weight is 251 g/mol. The zero-order valence-corrected chi connectivity index (χ0v) is 10.0. The second-order valence-electron chi connectivity index (χ2n) is 3.70. The molecular weight excluding hydrogens is 237 g/mol. The van der Waals surface area contributed by atoms with Crippen molar-refractivity contribution in [3.05, 3.63) is 41.4 Å². The molecule has 5 nitrogen and oxygen atoms in total. The summed E-state index contributed by atoms with van der Waals surface area (Å²) in [5, 5.41) is 7.57. The summed E-state index contributed by atoms with van der Waals surface area (Å²) in [6, 6.07) is 4.60. The predicted octanol–water partition coefficient (Wildman–Crippen LogP) is 1.81. The molecule has 18 heavy (non-hydrogen) atoms. The van der Waals surface area contributed by atoms with E-state index in [4.69, 9.17) is 14.9 Å². The number of aryl methyl sites for hydroxylation is 1. The number of benzene rings is 1. The van der Waals surface area contributed by atoms with E-state index in [1.165, 1.54) is 12.1 Å². The molecule has 0 atom stereocenters. The van der Waals surface area contributed by atoms with Crippen molar-refractivity contribution in [3.63, 3.8) is 0 Å². The Morgan fingerprint density at radius 3 is 2.72 bits per heavy atom. The number of ether oxygens (including phenoxy) is 1. The normalized spacial score (nSPS) is 10.6. The number of hydrogen-bond donors (Lipinski definition) is 1. The van der Waals surface area contributed by atoms with Crippen molar-refractivity contribution in [2.75, 3.05) is 0 Å². The minimum Gasteiger partial charge on any atom is -0.481 e. The molecule has 2 rings (SSSR count). The highest BCUT2D eigenvalue weighted by molar-refractivity contribution is 5.29. The molecule has 0 amide bonds. The summed E-state index contributed by atoms with van der Waals surface area (Å²) < 4.78 is 24.1. The summed E-state index contributed by atoms with van der Waals surface area (Å²) in [5.41, 5.74) is 6.12. The number of nitrogens with two attached hydrogens (primary N) is 1. The van der Waals surface area contributed by atoms with Gasteiger partial charge in [0, 0.05) is 13.0 Å². The van der Waals surface area contributed by atoms with Crippen LogP contribution in [0.25, 0.3) is 0 Å². The minimum atomic E-state index is -0.451. The van der Waals surface area contributed by atoms with Crippen LogP contribution in [0.1, 0.15) is 24.3 Å². The second kappa shape index (κ2) is 5.59. The van der Waals surface area contributed by atoms with Crippen molar-refractivity contribution in [3.8, 4) is 5.75 Å². The first-order chi connectivity index (χ1) is 8.72. The third kappa shape index (κ3) is 2.84. The Bertz CT molecular complexity index is 528. The molecule has 0 saturated heterocycles. The van der Waals surface area contributed by atoms with Crippen molar-refractivity contribution >= 4 is 0 Å². The van der Waals surface area contributed by atoms with Crippen molar-refractivity contribution in [1.29, 1.82) is 0 Å². The van der Waals surface area contributed by atoms with Gasteiger partial charge in [-0.2, -0.15) is 0 Å². The molecule has 0 unspecified atom stereocenters. The monoisotopic (exact) mass is 251 g/mol. The van der Waals surface area contributed by atoms with Gasteiger partial charge in [0.1, 0.15) is 0 Å². The average Bonchev–Trinajstić information content (AvgIpc) is 2.85. The molecule has 0 spiro atoms. The van der Waals surface area contributed by atoms with E-state index in [0.717, 1.165) is 0 Å². The van der Waals surface area contributed by atoms with Crippen molar-refractivity contribution < 1.29 is 13.5 Å². The molecule has 0 radical (unpaired) electrons. The molecule has 0 aliphatic carbocycles. The Kier molecular flexibility index (Phi) is 3.88. The van der Waals surface area contributed by atoms with E-state index < -0.39 is 5.82 Å². The molecule has 6 heteroatoms. The molecule has 1 aromatic carbocycles. The highest BCUT2D eigenvalue weighted by atomic mass is 19.1. The fourth-order valence-electron chi connectivity index (χ4n) is 1.42. The minimum absolute atomic E-state index is 0.0475. The largest absolute Gasteiger partial charge is 0.481 e. The SMILES string of the molecule is CCc1nnc(COc2ccc(CN)cc2F)o1. The van der Waals surface area contributed by atoms with Gasteiger partial charge in [-0.1, -0.05) is 13.0 Å². The fourth-order valence-corrected chi connectivity index (χ4v) is 1.42.